The number of thiophene rings is 1. The summed E-state index contributed by atoms with van der Waals surface area (Å²) in [6, 6.07) is 3.96. The molecular weight excluding hydrogens is 208 g/mol. The molecular formula is C10H14N4S. The number of nitrogens with zero attached hydrogens (tertiary/aromatic N) is 2. The minimum absolute atomic E-state index is 0.0313. The number of aromatic nitrogens is 3. The van der Waals surface area contributed by atoms with Crippen molar-refractivity contribution < 1.29 is 0 Å². The maximum absolute atomic E-state index is 5.94. The number of hydrogen-bond acceptors (Lipinski definition) is 4. The van der Waals surface area contributed by atoms with Gasteiger partial charge in [-0.25, -0.2) is 4.98 Å². The molecule has 0 unspecified atom stereocenters. The van der Waals surface area contributed by atoms with Gasteiger partial charge in [0.1, 0.15) is 5.82 Å². The first-order valence-electron chi connectivity index (χ1n) is 5.03. The van der Waals surface area contributed by atoms with E-state index < -0.39 is 0 Å². The van der Waals surface area contributed by atoms with Gasteiger partial charge < -0.3 is 5.73 Å². The van der Waals surface area contributed by atoms with Gasteiger partial charge in [0.15, 0.2) is 5.82 Å². The topological polar surface area (TPSA) is 67.6 Å². The molecule has 0 aromatic carbocycles. The minimum atomic E-state index is -0.0313. The van der Waals surface area contributed by atoms with E-state index in [-0.39, 0.29) is 6.04 Å². The first-order valence-corrected chi connectivity index (χ1v) is 5.91. The molecule has 0 aliphatic carbocycles. The normalized spacial score (nSPS) is 12.9. The van der Waals surface area contributed by atoms with Crippen molar-refractivity contribution in [1.29, 1.82) is 0 Å². The summed E-state index contributed by atoms with van der Waals surface area (Å²) in [7, 11) is 0. The summed E-state index contributed by atoms with van der Waals surface area (Å²) in [5.74, 6) is 1.52. The second kappa shape index (κ2) is 4.55. The summed E-state index contributed by atoms with van der Waals surface area (Å²) in [6.45, 7) is 2.11. The van der Waals surface area contributed by atoms with Crippen LogP contribution in [-0.4, -0.2) is 15.2 Å². The van der Waals surface area contributed by atoms with Crippen molar-refractivity contribution in [2.45, 2.75) is 25.8 Å². The van der Waals surface area contributed by atoms with Crippen LogP contribution in [0.25, 0.3) is 10.7 Å². The first kappa shape index (κ1) is 10.3. The second-order valence-corrected chi connectivity index (χ2v) is 4.36. The Morgan fingerprint density at radius 3 is 3.13 bits per heavy atom. The Balaban J connectivity index is 2.17. The van der Waals surface area contributed by atoms with Crippen LogP contribution in [0.3, 0.4) is 0 Å². The predicted molar refractivity (Wildman–Crippen MR) is 61.5 cm³/mol. The van der Waals surface area contributed by atoms with Gasteiger partial charge in [0.2, 0.25) is 0 Å². The van der Waals surface area contributed by atoms with Gasteiger partial charge in [0, 0.05) is 0 Å². The lowest BCUT2D eigenvalue weighted by Gasteiger charge is -2.04. The van der Waals surface area contributed by atoms with E-state index >= 15 is 0 Å². The van der Waals surface area contributed by atoms with Crippen LogP contribution in [0.4, 0.5) is 0 Å². The van der Waals surface area contributed by atoms with Crippen LogP contribution in [0, 0.1) is 0 Å². The number of H-pyrrole nitrogens is 1. The molecule has 80 valence electrons. The van der Waals surface area contributed by atoms with E-state index in [4.69, 9.17) is 5.73 Å². The van der Waals surface area contributed by atoms with Crippen molar-refractivity contribution in [3.05, 3.63) is 23.3 Å². The van der Waals surface area contributed by atoms with Crippen molar-refractivity contribution in [2.24, 2.45) is 5.73 Å². The quantitative estimate of drug-likeness (QED) is 0.834. The molecule has 3 N–H and O–H groups in total. The number of rotatable bonds is 4. The fourth-order valence-corrected chi connectivity index (χ4v) is 2.06. The van der Waals surface area contributed by atoms with E-state index in [1.54, 1.807) is 11.3 Å². The molecule has 2 aromatic heterocycles. The molecule has 15 heavy (non-hydrogen) atoms. The maximum Gasteiger partial charge on any atom is 0.191 e. The molecule has 0 saturated carbocycles. The highest BCUT2D eigenvalue weighted by molar-refractivity contribution is 7.13. The largest absolute Gasteiger partial charge is 0.321 e. The third-order valence-electron chi connectivity index (χ3n) is 2.20. The summed E-state index contributed by atoms with van der Waals surface area (Å²) >= 11 is 1.63. The number of nitrogens with two attached hydrogens (primary N) is 1. The highest BCUT2D eigenvalue weighted by Gasteiger charge is 2.11. The Labute approximate surface area is 92.5 Å². The minimum Gasteiger partial charge on any atom is -0.321 e. The van der Waals surface area contributed by atoms with Crippen LogP contribution in [0.5, 0.6) is 0 Å². The lowest BCUT2D eigenvalue weighted by molar-refractivity contribution is 0.604. The number of aromatic amines is 1. The molecule has 2 aromatic rings. The van der Waals surface area contributed by atoms with E-state index in [1.165, 1.54) is 0 Å². The lowest BCUT2D eigenvalue weighted by atomic mass is 10.2. The van der Waals surface area contributed by atoms with E-state index in [0.29, 0.717) is 0 Å². The monoisotopic (exact) mass is 222 g/mol. The fraction of sp³-hybridized carbons (Fsp3) is 0.400. The third kappa shape index (κ3) is 2.24. The number of hydrogen-bond donors (Lipinski definition) is 2. The van der Waals surface area contributed by atoms with Crippen molar-refractivity contribution in [1.82, 2.24) is 15.2 Å². The Hall–Kier alpha value is -1.20. The van der Waals surface area contributed by atoms with E-state index in [1.807, 2.05) is 17.5 Å². The van der Waals surface area contributed by atoms with Crippen LogP contribution in [0.1, 0.15) is 31.6 Å². The van der Waals surface area contributed by atoms with Gasteiger partial charge in [0.25, 0.3) is 0 Å². The van der Waals surface area contributed by atoms with Crippen LogP contribution in [-0.2, 0) is 0 Å². The zero-order valence-corrected chi connectivity index (χ0v) is 9.42. The fourth-order valence-electron chi connectivity index (χ4n) is 1.40. The molecule has 5 heteroatoms. The summed E-state index contributed by atoms with van der Waals surface area (Å²) < 4.78 is 0. The summed E-state index contributed by atoms with van der Waals surface area (Å²) in [5, 5.41) is 9.07. The van der Waals surface area contributed by atoms with Gasteiger partial charge in [-0.1, -0.05) is 19.4 Å². The van der Waals surface area contributed by atoms with E-state index in [0.717, 1.165) is 29.4 Å². The van der Waals surface area contributed by atoms with Crippen LogP contribution >= 0.6 is 11.3 Å². The van der Waals surface area contributed by atoms with Crippen molar-refractivity contribution in [3.63, 3.8) is 0 Å². The van der Waals surface area contributed by atoms with Gasteiger partial charge in [-0.3, -0.25) is 5.10 Å². The summed E-state index contributed by atoms with van der Waals surface area (Å²) in [4.78, 5) is 5.46. The van der Waals surface area contributed by atoms with Crippen molar-refractivity contribution in [2.75, 3.05) is 0 Å². The van der Waals surface area contributed by atoms with Crippen LogP contribution in [0.15, 0.2) is 17.5 Å². The molecule has 2 heterocycles. The van der Waals surface area contributed by atoms with E-state index in [2.05, 4.69) is 22.1 Å². The molecule has 0 aliphatic rings. The second-order valence-electron chi connectivity index (χ2n) is 3.42. The SMILES string of the molecule is CCC[C@@H](N)c1nc(-c2cccs2)n[nH]1. The smallest absolute Gasteiger partial charge is 0.191 e. The summed E-state index contributed by atoms with van der Waals surface area (Å²) in [5.41, 5.74) is 5.94. The molecule has 0 amide bonds. The van der Waals surface area contributed by atoms with Gasteiger partial charge in [0.05, 0.1) is 10.9 Å². The maximum atomic E-state index is 5.94. The Morgan fingerprint density at radius 2 is 2.47 bits per heavy atom. The average Bonchev–Trinajstić information content (AvgIpc) is 2.89. The van der Waals surface area contributed by atoms with Gasteiger partial charge >= 0.3 is 0 Å². The Bertz CT molecular complexity index is 407. The molecule has 0 saturated heterocycles. The third-order valence-corrected chi connectivity index (χ3v) is 3.06. The zero-order valence-electron chi connectivity index (χ0n) is 8.60. The highest BCUT2D eigenvalue weighted by Crippen LogP contribution is 2.22. The Morgan fingerprint density at radius 1 is 1.60 bits per heavy atom. The van der Waals surface area contributed by atoms with Gasteiger partial charge in [-0.2, -0.15) is 5.10 Å². The van der Waals surface area contributed by atoms with Crippen LogP contribution in [0.2, 0.25) is 0 Å². The molecule has 0 bridgehead atoms. The summed E-state index contributed by atoms with van der Waals surface area (Å²) in [6.07, 6.45) is 1.98. The number of nitrogens with one attached hydrogen (secondary N) is 1. The molecule has 0 fully saturated rings. The first-order chi connectivity index (χ1) is 7.31. The highest BCUT2D eigenvalue weighted by atomic mass is 32.1. The van der Waals surface area contributed by atoms with Crippen molar-refractivity contribution in [3.8, 4) is 10.7 Å². The molecule has 2 rings (SSSR count). The molecule has 0 radical (unpaired) electrons. The van der Waals surface area contributed by atoms with Crippen LogP contribution < -0.4 is 5.73 Å². The molecule has 4 nitrogen and oxygen atoms in total. The van der Waals surface area contributed by atoms with Gasteiger partial charge in [-0.15, -0.1) is 11.3 Å². The molecule has 0 spiro atoms. The lowest BCUT2D eigenvalue weighted by Crippen LogP contribution is -2.11. The standard InChI is InChI=1S/C10H14N4S/c1-2-4-7(11)9-12-10(14-13-9)8-5-3-6-15-8/h3,5-7H,2,4,11H2,1H3,(H,12,13,14)/t7-/m1/s1. The average molecular weight is 222 g/mol. The predicted octanol–water partition coefficient (Wildman–Crippen LogP) is 2.33. The van der Waals surface area contributed by atoms with Gasteiger partial charge in [-0.05, 0) is 17.9 Å². The molecule has 1 atom stereocenters. The van der Waals surface area contributed by atoms with E-state index in [9.17, 15) is 0 Å². The zero-order chi connectivity index (χ0) is 10.7. The molecule has 0 aliphatic heterocycles. The van der Waals surface area contributed by atoms with Crippen molar-refractivity contribution >= 4 is 11.3 Å². The Kier molecular flexibility index (Phi) is 3.13.